The van der Waals surface area contributed by atoms with Gasteiger partial charge in [-0.05, 0) is 70.6 Å². The highest BCUT2D eigenvalue weighted by molar-refractivity contribution is 5.75. The smallest absolute Gasteiger partial charge is 0.480 e. The molecule has 2 unspecified atom stereocenters. The molecule has 0 heterocycles. The van der Waals surface area contributed by atoms with Gasteiger partial charge in [0.2, 0.25) is 0 Å². The highest BCUT2D eigenvalue weighted by Gasteiger charge is 2.31. The molecule has 12 nitrogen and oxygen atoms in total. The number of hydrogen-bond acceptors (Lipinski definition) is 11. The van der Waals surface area contributed by atoms with Gasteiger partial charge in [-0.3, -0.25) is 4.79 Å². The quantitative estimate of drug-likeness (QED) is 0.236. The molecule has 0 saturated heterocycles. The molecule has 3 atom stereocenters. The fourth-order valence-electron chi connectivity index (χ4n) is 3.97. The number of rotatable bonds is 11. The first-order valence-electron chi connectivity index (χ1n) is 12.3. The maximum atomic E-state index is 12.3. The lowest BCUT2D eigenvalue weighted by atomic mass is 9.87. The topological polar surface area (TPSA) is 170 Å². The Bertz CT molecular complexity index is 929. The molecule has 0 amide bonds. The molecule has 2 rings (SSSR count). The molecule has 0 aromatic heterocycles. The van der Waals surface area contributed by atoms with E-state index in [1.807, 2.05) is 0 Å². The van der Waals surface area contributed by atoms with Gasteiger partial charge < -0.3 is 39.3 Å². The molecule has 1 aliphatic carbocycles. The van der Waals surface area contributed by atoms with Crippen molar-refractivity contribution in [1.29, 1.82) is 0 Å². The molecular weight excluding hydrogens is 490 g/mol. The largest absolute Gasteiger partial charge is 0.513 e. The first-order valence-corrected chi connectivity index (χ1v) is 12.3. The second kappa shape index (κ2) is 14.9. The number of carboxylic acids is 1. The van der Waals surface area contributed by atoms with E-state index in [4.69, 9.17) is 34.2 Å². The number of nitrogens with two attached hydrogens (primary N) is 1. The van der Waals surface area contributed by atoms with Crippen LogP contribution in [0.2, 0.25) is 0 Å². The molecule has 3 N–H and O–H groups in total. The molecule has 1 saturated carbocycles. The summed E-state index contributed by atoms with van der Waals surface area (Å²) < 4.78 is 30.5. The van der Waals surface area contributed by atoms with Crippen molar-refractivity contribution in [3.05, 3.63) is 23.8 Å². The number of carbonyl (C=O) groups excluding carboxylic acids is 3. The molecule has 1 aromatic rings. The summed E-state index contributed by atoms with van der Waals surface area (Å²) in [4.78, 5) is 47.8. The van der Waals surface area contributed by atoms with Crippen LogP contribution >= 0.6 is 0 Å². The number of benzene rings is 1. The fraction of sp³-hybridized carbons (Fsp3) is 0.600. The van der Waals surface area contributed by atoms with E-state index in [0.29, 0.717) is 5.56 Å². The summed E-state index contributed by atoms with van der Waals surface area (Å²) in [6.45, 7) is 4.85. The maximum absolute atomic E-state index is 12.3. The van der Waals surface area contributed by atoms with Gasteiger partial charge in [0.25, 0.3) is 0 Å². The molecule has 0 bridgehead atoms. The zero-order valence-corrected chi connectivity index (χ0v) is 21.3. The molecule has 206 valence electrons. The lowest BCUT2D eigenvalue weighted by Crippen LogP contribution is -2.38. The zero-order chi connectivity index (χ0) is 27.4. The third-order valence-corrected chi connectivity index (χ3v) is 5.72. The van der Waals surface area contributed by atoms with Crippen molar-refractivity contribution >= 4 is 24.4 Å². The summed E-state index contributed by atoms with van der Waals surface area (Å²) in [7, 11) is 0. The minimum absolute atomic E-state index is 0.0180. The van der Waals surface area contributed by atoms with Crippen molar-refractivity contribution in [3.63, 3.8) is 0 Å². The average molecular weight is 526 g/mol. The van der Waals surface area contributed by atoms with Gasteiger partial charge in [0.15, 0.2) is 11.5 Å². The van der Waals surface area contributed by atoms with Crippen LogP contribution in [-0.4, -0.2) is 61.0 Å². The first kappa shape index (κ1) is 29.7. The Morgan fingerprint density at radius 2 is 1.54 bits per heavy atom. The normalized spacial score (nSPS) is 16.0. The Kier molecular flexibility index (Phi) is 11.9. The van der Waals surface area contributed by atoms with Crippen LogP contribution in [0.15, 0.2) is 18.2 Å². The molecule has 0 aliphatic heterocycles. The highest BCUT2D eigenvalue weighted by Crippen LogP contribution is 2.35. The van der Waals surface area contributed by atoms with Crippen LogP contribution in [0, 0.1) is 0 Å². The summed E-state index contributed by atoms with van der Waals surface area (Å²) in [6.07, 6.45) is 0.776. The number of carboxylic acid groups (broad SMARTS) is 1. The van der Waals surface area contributed by atoms with Gasteiger partial charge >= 0.3 is 24.4 Å². The average Bonchev–Trinajstić information content (AvgIpc) is 2.84. The van der Waals surface area contributed by atoms with E-state index in [2.05, 4.69) is 0 Å². The Hall–Kier alpha value is -3.54. The maximum Gasteiger partial charge on any atom is 0.513 e. The molecule has 1 fully saturated rings. The van der Waals surface area contributed by atoms with Crippen molar-refractivity contribution in [2.24, 2.45) is 5.73 Å². The van der Waals surface area contributed by atoms with Gasteiger partial charge in [0.05, 0.1) is 13.2 Å². The lowest BCUT2D eigenvalue weighted by molar-refractivity contribution is -0.139. The van der Waals surface area contributed by atoms with Gasteiger partial charge in [0.1, 0.15) is 18.2 Å². The molecule has 0 spiro atoms. The Balaban J connectivity index is 2.24. The number of hydrogen-bond donors (Lipinski definition) is 2. The van der Waals surface area contributed by atoms with Gasteiger partial charge in [0, 0.05) is 5.92 Å². The van der Waals surface area contributed by atoms with Gasteiger partial charge in [-0.1, -0.05) is 12.5 Å². The van der Waals surface area contributed by atoms with Crippen LogP contribution in [0.25, 0.3) is 0 Å². The van der Waals surface area contributed by atoms with E-state index in [-0.39, 0.29) is 37.2 Å². The van der Waals surface area contributed by atoms with Crippen molar-refractivity contribution in [2.45, 2.75) is 83.5 Å². The van der Waals surface area contributed by atoms with E-state index in [1.165, 1.54) is 18.2 Å². The van der Waals surface area contributed by atoms with Crippen LogP contribution < -0.4 is 15.2 Å². The Morgan fingerprint density at radius 3 is 2.11 bits per heavy atom. The monoisotopic (exact) mass is 525 g/mol. The molecule has 1 aromatic carbocycles. The van der Waals surface area contributed by atoms with Crippen LogP contribution in [0.1, 0.15) is 70.8 Å². The molecule has 37 heavy (non-hydrogen) atoms. The standard InChI is InChI=1S/C25H35NO11/c1-4-32-23(29)36-19-12-11-16(14-20(19)37-24(30)33-5-2)18(21(26)22(27)28)13-15(3)34-25(31)35-17-9-7-6-8-10-17/h11-12,14-15,17-18,21H,4-10,13,26H2,1-3H3,(H,27,28)/t15?,18?,21-/m0/s1. The Labute approximate surface area is 215 Å². The predicted molar refractivity (Wildman–Crippen MR) is 129 cm³/mol. The van der Waals surface area contributed by atoms with E-state index in [9.17, 15) is 24.3 Å². The van der Waals surface area contributed by atoms with Crippen molar-refractivity contribution in [2.75, 3.05) is 13.2 Å². The van der Waals surface area contributed by atoms with Crippen LogP contribution in [-0.2, 0) is 23.7 Å². The van der Waals surface area contributed by atoms with E-state index in [0.717, 1.165) is 32.1 Å². The SMILES string of the molecule is CCOC(=O)Oc1ccc(C(CC(C)OC(=O)OC2CCCCC2)[C@H](N)C(=O)O)cc1OC(=O)OCC. The van der Waals surface area contributed by atoms with Crippen LogP contribution in [0.5, 0.6) is 11.5 Å². The summed E-state index contributed by atoms with van der Waals surface area (Å²) in [5, 5.41) is 9.59. The van der Waals surface area contributed by atoms with Crippen LogP contribution in [0.3, 0.4) is 0 Å². The molecule has 0 radical (unpaired) electrons. The number of carbonyl (C=O) groups is 4. The minimum Gasteiger partial charge on any atom is -0.480 e. The summed E-state index contributed by atoms with van der Waals surface area (Å²) in [6, 6.07) is 2.69. The zero-order valence-electron chi connectivity index (χ0n) is 21.3. The summed E-state index contributed by atoms with van der Waals surface area (Å²) >= 11 is 0. The summed E-state index contributed by atoms with van der Waals surface area (Å²) in [5.41, 5.74) is 6.30. The number of aliphatic carboxylic acids is 1. The van der Waals surface area contributed by atoms with Crippen molar-refractivity contribution in [1.82, 2.24) is 0 Å². The first-order chi connectivity index (χ1) is 17.6. The van der Waals surface area contributed by atoms with Gasteiger partial charge in [-0.15, -0.1) is 0 Å². The van der Waals surface area contributed by atoms with Gasteiger partial charge in [-0.25, -0.2) is 14.4 Å². The highest BCUT2D eigenvalue weighted by atomic mass is 16.7. The van der Waals surface area contributed by atoms with Gasteiger partial charge in [-0.2, -0.15) is 0 Å². The third-order valence-electron chi connectivity index (χ3n) is 5.72. The van der Waals surface area contributed by atoms with E-state index >= 15 is 0 Å². The predicted octanol–water partition coefficient (Wildman–Crippen LogP) is 4.52. The fourth-order valence-corrected chi connectivity index (χ4v) is 3.97. The second-order valence-corrected chi connectivity index (χ2v) is 8.54. The van der Waals surface area contributed by atoms with Crippen molar-refractivity contribution in [3.8, 4) is 11.5 Å². The molecule has 12 heteroatoms. The van der Waals surface area contributed by atoms with E-state index in [1.54, 1.807) is 20.8 Å². The van der Waals surface area contributed by atoms with Crippen molar-refractivity contribution < 1.29 is 52.7 Å². The molecular formula is C25H35NO11. The number of ether oxygens (including phenoxy) is 6. The third kappa shape index (κ3) is 9.79. The summed E-state index contributed by atoms with van der Waals surface area (Å²) in [5.74, 6) is -2.53. The second-order valence-electron chi connectivity index (χ2n) is 8.54. The van der Waals surface area contributed by atoms with E-state index < -0.39 is 42.5 Å². The Morgan fingerprint density at radius 1 is 0.946 bits per heavy atom. The molecule has 1 aliphatic rings. The minimum atomic E-state index is -1.40. The lowest BCUT2D eigenvalue weighted by Gasteiger charge is -2.26. The van der Waals surface area contributed by atoms with Crippen LogP contribution in [0.4, 0.5) is 14.4 Å².